The van der Waals surface area contributed by atoms with Gasteiger partial charge in [0.15, 0.2) is 11.0 Å². The highest BCUT2D eigenvalue weighted by Crippen LogP contribution is 2.26. The molecule has 0 aliphatic carbocycles. The summed E-state index contributed by atoms with van der Waals surface area (Å²) in [6, 6.07) is 3.60. The van der Waals surface area contributed by atoms with Crippen molar-refractivity contribution >= 4 is 23.7 Å². The van der Waals surface area contributed by atoms with Gasteiger partial charge in [-0.3, -0.25) is 14.6 Å². The number of carbonyl (C=O) groups is 2. The van der Waals surface area contributed by atoms with Gasteiger partial charge in [-0.1, -0.05) is 11.8 Å². The van der Waals surface area contributed by atoms with Gasteiger partial charge in [0.1, 0.15) is 0 Å². The topological polar surface area (TPSA) is 96.2 Å². The standard InChI is InChI=1S/C15H18N4O4S/c1-4-22-13(20)11(14(21)23-5-2)24-15-18-17-12(19(15)3)10-6-8-16-9-7-10/h6-9,11H,4-5H2,1-3H3. The van der Waals surface area contributed by atoms with Crippen molar-refractivity contribution < 1.29 is 19.1 Å². The van der Waals surface area contributed by atoms with E-state index in [9.17, 15) is 9.59 Å². The van der Waals surface area contributed by atoms with Crippen LogP contribution in [0.4, 0.5) is 0 Å². The zero-order chi connectivity index (χ0) is 17.5. The van der Waals surface area contributed by atoms with Crippen LogP contribution in [-0.4, -0.2) is 50.2 Å². The van der Waals surface area contributed by atoms with Gasteiger partial charge < -0.3 is 14.0 Å². The Balaban J connectivity index is 2.25. The second-order valence-corrected chi connectivity index (χ2v) is 5.68. The maximum atomic E-state index is 12.0. The Kier molecular flexibility index (Phi) is 6.30. The summed E-state index contributed by atoms with van der Waals surface area (Å²) in [7, 11) is 1.76. The minimum absolute atomic E-state index is 0.177. The predicted molar refractivity (Wildman–Crippen MR) is 87.1 cm³/mol. The summed E-state index contributed by atoms with van der Waals surface area (Å²) in [4.78, 5) is 28.0. The minimum atomic E-state index is -1.14. The molecule has 8 nitrogen and oxygen atoms in total. The molecule has 9 heteroatoms. The maximum Gasteiger partial charge on any atom is 0.331 e. The van der Waals surface area contributed by atoms with Crippen LogP contribution in [0, 0.1) is 0 Å². The molecule has 24 heavy (non-hydrogen) atoms. The third kappa shape index (κ3) is 4.10. The number of hydrogen-bond acceptors (Lipinski definition) is 8. The normalized spacial score (nSPS) is 10.7. The number of thioether (sulfide) groups is 1. The molecule has 0 unspecified atom stereocenters. The number of ether oxygens (including phenoxy) is 2. The fourth-order valence-electron chi connectivity index (χ4n) is 1.90. The Morgan fingerprint density at radius 1 is 1.12 bits per heavy atom. The van der Waals surface area contributed by atoms with Crippen LogP contribution in [-0.2, 0) is 26.1 Å². The molecule has 0 aromatic carbocycles. The first-order chi connectivity index (χ1) is 11.6. The highest BCUT2D eigenvalue weighted by molar-refractivity contribution is 8.01. The first-order valence-electron chi connectivity index (χ1n) is 7.38. The Morgan fingerprint density at radius 2 is 1.71 bits per heavy atom. The van der Waals surface area contributed by atoms with E-state index in [2.05, 4.69) is 15.2 Å². The molecule has 0 N–H and O–H groups in total. The van der Waals surface area contributed by atoms with E-state index in [1.807, 2.05) is 0 Å². The van der Waals surface area contributed by atoms with Gasteiger partial charge in [-0.25, -0.2) is 0 Å². The van der Waals surface area contributed by atoms with Gasteiger partial charge in [0.25, 0.3) is 0 Å². The van der Waals surface area contributed by atoms with Gasteiger partial charge in [0.05, 0.1) is 13.2 Å². The number of esters is 2. The van der Waals surface area contributed by atoms with E-state index in [0.717, 1.165) is 17.3 Å². The second-order valence-electron chi connectivity index (χ2n) is 4.60. The average Bonchev–Trinajstić information content (AvgIpc) is 2.94. The molecule has 0 amide bonds. The fraction of sp³-hybridized carbons (Fsp3) is 0.400. The van der Waals surface area contributed by atoms with Crippen LogP contribution in [0.2, 0.25) is 0 Å². The summed E-state index contributed by atoms with van der Waals surface area (Å²) in [5.74, 6) is -0.713. The van der Waals surface area contributed by atoms with Crippen molar-refractivity contribution in [2.24, 2.45) is 7.05 Å². The highest BCUT2D eigenvalue weighted by Gasteiger charge is 2.32. The number of rotatable bonds is 7. The summed E-state index contributed by atoms with van der Waals surface area (Å²) in [6.07, 6.45) is 3.30. The molecule has 128 valence electrons. The fourth-order valence-corrected chi connectivity index (χ4v) is 2.78. The molecule has 2 rings (SSSR count). The van der Waals surface area contributed by atoms with Crippen LogP contribution in [0.5, 0.6) is 0 Å². The zero-order valence-corrected chi connectivity index (χ0v) is 14.4. The molecule has 2 aromatic rings. The summed E-state index contributed by atoms with van der Waals surface area (Å²) in [6.45, 7) is 3.70. The van der Waals surface area contributed by atoms with Crippen LogP contribution in [0.1, 0.15) is 13.8 Å². The van der Waals surface area contributed by atoms with Crippen LogP contribution in [0.3, 0.4) is 0 Å². The number of aromatic nitrogens is 4. The van der Waals surface area contributed by atoms with E-state index >= 15 is 0 Å². The van der Waals surface area contributed by atoms with E-state index < -0.39 is 17.2 Å². The van der Waals surface area contributed by atoms with Crippen LogP contribution >= 0.6 is 11.8 Å². The first-order valence-corrected chi connectivity index (χ1v) is 8.26. The number of nitrogens with zero attached hydrogens (tertiary/aromatic N) is 4. The lowest BCUT2D eigenvalue weighted by atomic mass is 10.2. The van der Waals surface area contributed by atoms with Crippen molar-refractivity contribution in [2.75, 3.05) is 13.2 Å². The molecule has 0 spiro atoms. The smallest absolute Gasteiger partial charge is 0.331 e. The average molecular weight is 350 g/mol. The summed E-state index contributed by atoms with van der Waals surface area (Å²) < 4.78 is 11.6. The number of hydrogen-bond donors (Lipinski definition) is 0. The molecule has 2 heterocycles. The largest absolute Gasteiger partial charge is 0.465 e. The quantitative estimate of drug-likeness (QED) is 0.421. The van der Waals surface area contributed by atoms with E-state index in [4.69, 9.17) is 9.47 Å². The van der Waals surface area contributed by atoms with Crippen molar-refractivity contribution in [3.05, 3.63) is 24.5 Å². The van der Waals surface area contributed by atoms with Crippen molar-refractivity contribution in [1.82, 2.24) is 19.7 Å². The lowest BCUT2D eigenvalue weighted by Crippen LogP contribution is -2.31. The zero-order valence-electron chi connectivity index (χ0n) is 13.6. The molecule has 0 aliphatic rings. The van der Waals surface area contributed by atoms with Crippen LogP contribution < -0.4 is 0 Å². The van der Waals surface area contributed by atoms with E-state index in [1.54, 1.807) is 50.0 Å². The van der Waals surface area contributed by atoms with Gasteiger partial charge in [0.2, 0.25) is 5.25 Å². The van der Waals surface area contributed by atoms with Crippen molar-refractivity contribution in [3.63, 3.8) is 0 Å². The van der Waals surface area contributed by atoms with Gasteiger partial charge in [-0.15, -0.1) is 10.2 Å². The molecule has 0 fully saturated rings. The first kappa shape index (κ1) is 17.9. The van der Waals surface area contributed by atoms with E-state index in [0.29, 0.717) is 11.0 Å². The third-order valence-corrected chi connectivity index (χ3v) is 4.18. The Morgan fingerprint density at radius 3 is 2.25 bits per heavy atom. The molecule has 0 atom stereocenters. The Labute approximate surface area is 143 Å². The lowest BCUT2D eigenvalue weighted by Gasteiger charge is -2.13. The number of pyridine rings is 1. The van der Waals surface area contributed by atoms with Crippen molar-refractivity contribution in [2.45, 2.75) is 24.3 Å². The third-order valence-electron chi connectivity index (χ3n) is 3.00. The molecule has 0 saturated heterocycles. The summed E-state index contributed by atoms with van der Waals surface area (Å²) in [5, 5.41) is 7.44. The molecule has 0 saturated carbocycles. The van der Waals surface area contributed by atoms with Crippen molar-refractivity contribution in [3.8, 4) is 11.4 Å². The summed E-state index contributed by atoms with van der Waals surface area (Å²) in [5.41, 5.74) is 0.829. The SMILES string of the molecule is CCOC(=O)C(Sc1nnc(-c2ccncc2)n1C)C(=O)OCC. The maximum absolute atomic E-state index is 12.0. The van der Waals surface area contributed by atoms with Gasteiger partial charge >= 0.3 is 11.9 Å². The van der Waals surface area contributed by atoms with Gasteiger partial charge in [-0.2, -0.15) is 0 Å². The van der Waals surface area contributed by atoms with E-state index in [-0.39, 0.29) is 13.2 Å². The predicted octanol–water partition coefficient (Wildman–Crippen LogP) is 1.46. The Bertz CT molecular complexity index is 687. The lowest BCUT2D eigenvalue weighted by molar-refractivity contribution is -0.152. The van der Waals surface area contributed by atoms with Crippen LogP contribution in [0.15, 0.2) is 29.7 Å². The molecular formula is C15H18N4O4S. The molecule has 0 bridgehead atoms. The highest BCUT2D eigenvalue weighted by atomic mass is 32.2. The second kappa shape index (κ2) is 8.44. The van der Waals surface area contributed by atoms with Gasteiger partial charge in [-0.05, 0) is 26.0 Å². The molecular weight excluding hydrogens is 332 g/mol. The molecule has 0 radical (unpaired) electrons. The Hall–Kier alpha value is -2.42. The summed E-state index contributed by atoms with van der Waals surface area (Å²) >= 11 is 0.952. The molecule has 2 aromatic heterocycles. The van der Waals surface area contributed by atoms with Crippen LogP contribution in [0.25, 0.3) is 11.4 Å². The van der Waals surface area contributed by atoms with Crippen molar-refractivity contribution in [1.29, 1.82) is 0 Å². The minimum Gasteiger partial charge on any atom is -0.465 e. The molecule has 0 aliphatic heterocycles. The van der Waals surface area contributed by atoms with Gasteiger partial charge in [0, 0.05) is 25.0 Å². The monoisotopic (exact) mass is 350 g/mol. The van der Waals surface area contributed by atoms with E-state index in [1.165, 1.54) is 0 Å². The number of carbonyl (C=O) groups excluding carboxylic acids is 2.